The molecule has 0 aliphatic carbocycles. The minimum absolute atomic E-state index is 0.278. The summed E-state index contributed by atoms with van der Waals surface area (Å²) >= 11 is 1.45. The number of rotatable bonds is 5. The van der Waals surface area contributed by atoms with E-state index >= 15 is 0 Å². The van der Waals surface area contributed by atoms with E-state index in [2.05, 4.69) is 28.4 Å². The Labute approximate surface area is 159 Å². The van der Waals surface area contributed by atoms with Gasteiger partial charge in [-0.2, -0.15) is 9.36 Å². The Kier molecular flexibility index (Phi) is 4.55. The lowest BCUT2D eigenvalue weighted by Crippen LogP contribution is -2.23. The van der Waals surface area contributed by atoms with Crippen molar-refractivity contribution in [2.24, 2.45) is 7.05 Å². The van der Waals surface area contributed by atoms with Gasteiger partial charge in [0.25, 0.3) is 5.19 Å². The van der Waals surface area contributed by atoms with Crippen LogP contribution in [0.5, 0.6) is 5.19 Å². The third kappa shape index (κ3) is 3.39. The van der Waals surface area contributed by atoms with Gasteiger partial charge in [0.2, 0.25) is 0 Å². The van der Waals surface area contributed by atoms with Crippen LogP contribution in [0.2, 0.25) is 0 Å². The topological polar surface area (TPSA) is 74.8 Å². The molecule has 0 atom stereocenters. The van der Waals surface area contributed by atoms with E-state index in [-0.39, 0.29) is 12.3 Å². The van der Waals surface area contributed by atoms with Gasteiger partial charge in [0.1, 0.15) is 6.61 Å². The standard InChI is InChI=1S/C19H17N5O2S/c1-13-7-3-5-9-15(13)16-12-27-18(20-16)26-11-14-8-4-6-10-17(14)24-19(25)23(2)21-22-24/h3-10,12H,11H2,1-2H3. The number of thiazole rings is 1. The molecule has 0 N–H and O–H groups in total. The molecule has 7 nitrogen and oxygen atoms in total. The molecule has 2 aromatic carbocycles. The number of nitrogens with zero attached hydrogens (tertiary/aromatic N) is 5. The van der Waals surface area contributed by atoms with E-state index in [0.717, 1.165) is 16.8 Å². The van der Waals surface area contributed by atoms with Crippen molar-refractivity contribution < 1.29 is 4.74 Å². The van der Waals surface area contributed by atoms with Crippen molar-refractivity contribution in [2.45, 2.75) is 13.5 Å². The molecule has 0 aliphatic heterocycles. The minimum atomic E-state index is -0.307. The molecular formula is C19H17N5O2S. The van der Waals surface area contributed by atoms with Crippen molar-refractivity contribution in [1.29, 1.82) is 0 Å². The monoisotopic (exact) mass is 379 g/mol. The zero-order valence-electron chi connectivity index (χ0n) is 14.9. The molecular weight excluding hydrogens is 362 g/mol. The van der Waals surface area contributed by atoms with Crippen molar-refractivity contribution in [3.05, 3.63) is 75.5 Å². The van der Waals surface area contributed by atoms with Crippen LogP contribution in [-0.4, -0.2) is 24.8 Å². The highest BCUT2D eigenvalue weighted by molar-refractivity contribution is 7.11. The van der Waals surface area contributed by atoms with Crippen LogP contribution in [0.1, 0.15) is 11.1 Å². The summed E-state index contributed by atoms with van der Waals surface area (Å²) in [4.78, 5) is 16.7. The second kappa shape index (κ2) is 7.16. The van der Waals surface area contributed by atoms with Crippen LogP contribution in [0.15, 0.2) is 58.7 Å². The molecule has 0 aliphatic rings. The van der Waals surface area contributed by atoms with Gasteiger partial charge >= 0.3 is 5.69 Å². The largest absolute Gasteiger partial charge is 0.465 e. The molecule has 0 saturated carbocycles. The van der Waals surface area contributed by atoms with Gasteiger partial charge in [0.15, 0.2) is 0 Å². The van der Waals surface area contributed by atoms with E-state index in [4.69, 9.17) is 4.74 Å². The average Bonchev–Trinajstić information content (AvgIpc) is 3.28. The Bertz CT molecular complexity index is 1140. The van der Waals surface area contributed by atoms with Crippen molar-refractivity contribution in [3.63, 3.8) is 0 Å². The number of hydrogen-bond acceptors (Lipinski definition) is 6. The molecule has 2 heterocycles. The molecule has 8 heteroatoms. The van der Waals surface area contributed by atoms with Gasteiger partial charge in [-0.25, -0.2) is 9.78 Å². The first-order valence-electron chi connectivity index (χ1n) is 8.35. The smallest absolute Gasteiger partial charge is 0.368 e. The van der Waals surface area contributed by atoms with Crippen LogP contribution in [0, 0.1) is 6.92 Å². The molecule has 0 bridgehead atoms. The van der Waals surface area contributed by atoms with Crippen LogP contribution >= 0.6 is 11.3 Å². The SMILES string of the molecule is Cc1ccccc1-c1csc(OCc2ccccc2-n2nnn(C)c2=O)n1. The van der Waals surface area contributed by atoms with Gasteiger partial charge < -0.3 is 4.74 Å². The summed E-state index contributed by atoms with van der Waals surface area (Å²) in [6.45, 7) is 2.34. The molecule has 0 radical (unpaired) electrons. The fourth-order valence-electron chi connectivity index (χ4n) is 2.75. The summed E-state index contributed by atoms with van der Waals surface area (Å²) in [5.41, 5.74) is 4.32. The summed E-state index contributed by atoms with van der Waals surface area (Å²) < 4.78 is 8.33. The van der Waals surface area contributed by atoms with Crippen LogP contribution in [-0.2, 0) is 13.7 Å². The molecule has 0 amide bonds. The van der Waals surface area contributed by atoms with E-state index < -0.39 is 0 Å². The number of aryl methyl sites for hydroxylation is 2. The van der Waals surface area contributed by atoms with E-state index in [1.54, 1.807) is 7.05 Å². The number of benzene rings is 2. The fraction of sp³-hybridized carbons (Fsp3) is 0.158. The molecule has 2 aromatic heterocycles. The zero-order chi connectivity index (χ0) is 18.8. The second-order valence-corrected chi connectivity index (χ2v) is 6.85. The van der Waals surface area contributed by atoms with Gasteiger partial charge in [0.05, 0.1) is 11.4 Å². The van der Waals surface area contributed by atoms with Gasteiger partial charge in [-0.05, 0) is 29.0 Å². The van der Waals surface area contributed by atoms with E-state index in [1.165, 1.54) is 26.3 Å². The normalized spacial score (nSPS) is 10.9. The second-order valence-electron chi connectivity index (χ2n) is 6.03. The third-order valence-electron chi connectivity index (χ3n) is 4.20. The average molecular weight is 379 g/mol. The number of ether oxygens (including phenoxy) is 1. The highest BCUT2D eigenvalue weighted by Crippen LogP contribution is 2.29. The molecule has 27 heavy (non-hydrogen) atoms. The predicted molar refractivity (Wildman–Crippen MR) is 103 cm³/mol. The predicted octanol–water partition coefficient (Wildman–Crippen LogP) is 2.98. The minimum Gasteiger partial charge on any atom is -0.465 e. The molecule has 4 aromatic rings. The highest BCUT2D eigenvalue weighted by atomic mass is 32.1. The molecule has 0 unspecified atom stereocenters. The Morgan fingerprint density at radius 2 is 1.85 bits per heavy atom. The highest BCUT2D eigenvalue weighted by Gasteiger charge is 2.12. The molecule has 4 rings (SSSR count). The van der Waals surface area contributed by atoms with Crippen molar-refractivity contribution in [2.75, 3.05) is 0 Å². The first-order valence-corrected chi connectivity index (χ1v) is 9.23. The summed E-state index contributed by atoms with van der Waals surface area (Å²) in [5, 5.41) is 10.2. The van der Waals surface area contributed by atoms with Crippen LogP contribution < -0.4 is 10.4 Å². The number of aromatic nitrogens is 5. The lowest BCUT2D eigenvalue weighted by atomic mass is 10.1. The molecule has 0 saturated heterocycles. The number of para-hydroxylation sites is 1. The summed E-state index contributed by atoms with van der Waals surface area (Å²) in [6.07, 6.45) is 0. The van der Waals surface area contributed by atoms with Crippen molar-refractivity contribution in [1.82, 2.24) is 24.8 Å². The molecule has 0 spiro atoms. The summed E-state index contributed by atoms with van der Waals surface area (Å²) in [5.74, 6) is 0. The Morgan fingerprint density at radius 3 is 2.63 bits per heavy atom. The van der Waals surface area contributed by atoms with Crippen molar-refractivity contribution >= 4 is 11.3 Å². The van der Waals surface area contributed by atoms with Gasteiger partial charge in [-0.15, -0.1) is 0 Å². The van der Waals surface area contributed by atoms with Crippen LogP contribution in [0.3, 0.4) is 0 Å². The van der Waals surface area contributed by atoms with Crippen LogP contribution in [0.25, 0.3) is 16.9 Å². The van der Waals surface area contributed by atoms with Gasteiger partial charge in [0, 0.05) is 23.6 Å². The molecule has 0 fully saturated rings. The number of hydrogen-bond donors (Lipinski definition) is 0. The zero-order valence-corrected chi connectivity index (χ0v) is 15.7. The van der Waals surface area contributed by atoms with Crippen LogP contribution in [0.4, 0.5) is 0 Å². The maximum atomic E-state index is 12.1. The summed E-state index contributed by atoms with van der Waals surface area (Å²) in [7, 11) is 1.56. The quantitative estimate of drug-likeness (QED) is 0.533. The first-order chi connectivity index (χ1) is 13.1. The lowest BCUT2D eigenvalue weighted by molar-refractivity contribution is 0.304. The summed E-state index contributed by atoms with van der Waals surface area (Å²) in [6, 6.07) is 15.6. The lowest BCUT2D eigenvalue weighted by Gasteiger charge is -2.08. The third-order valence-corrected chi connectivity index (χ3v) is 4.95. The van der Waals surface area contributed by atoms with E-state index in [0.29, 0.717) is 10.9 Å². The van der Waals surface area contributed by atoms with Gasteiger partial charge in [-0.1, -0.05) is 53.8 Å². The Balaban J connectivity index is 1.56. The fourth-order valence-corrected chi connectivity index (χ4v) is 3.42. The first kappa shape index (κ1) is 17.2. The Hall–Kier alpha value is -3.26. The maximum Gasteiger partial charge on any atom is 0.368 e. The van der Waals surface area contributed by atoms with E-state index in [1.807, 2.05) is 47.8 Å². The molecule has 136 valence electrons. The van der Waals surface area contributed by atoms with Gasteiger partial charge in [-0.3, -0.25) is 0 Å². The van der Waals surface area contributed by atoms with Crippen molar-refractivity contribution in [3.8, 4) is 22.1 Å². The Morgan fingerprint density at radius 1 is 1.07 bits per heavy atom. The van der Waals surface area contributed by atoms with E-state index in [9.17, 15) is 4.79 Å². The maximum absolute atomic E-state index is 12.1. The number of tetrazole rings is 1.